The average molecular weight is 363 g/mol. The maximum atomic E-state index is 5.39. The second-order valence-electron chi connectivity index (χ2n) is 5.19. The van der Waals surface area contributed by atoms with Crippen molar-refractivity contribution in [2.24, 2.45) is 0 Å². The number of hydrogen-bond donors (Lipinski definition) is 2. The van der Waals surface area contributed by atoms with Crippen molar-refractivity contribution in [1.82, 2.24) is 5.32 Å². The molecule has 2 aromatic rings. The maximum absolute atomic E-state index is 5.39. The van der Waals surface area contributed by atoms with Gasteiger partial charge in [-0.05, 0) is 62.3 Å². The van der Waals surface area contributed by atoms with Gasteiger partial charge in [-0.2, -0.15) is 0 Å². The van der Waals surface area contributed by atoms with Gasteiger partial charge in [0.25, 0.3) is 0 Å². The summed E-state index contributed by atoms with van der Waals surface area (Å²) in [4.78, 5) is 0. The van der Waals surface area contributed by atoms with E-state index in [0.29, 0.717) is 5.11 Å². The lowest BCUT2D eigenvalue weighted by Gasteiger charge is -2.19. The fourth-order valence-corrected chi connectivity index (χ4v) is 2.93. The molecule has 0 amide bonds. The summed E-state index contributed by atoms with van der Waals surface area (Å²) in [6.45, 7) is 6.35. The Bertz CT molecular complexity index is 655. The smallest absolute Gasteiger partial charge is 0.171 e. The third kappa shape index (κ3) is 4.55. The fourth-order valence-electron chi connectivity index (χ4n) is 2.23. The van der Waals surface area contributed by atoms with Crippen molar-refractivity contribution >= 4 is 38.9 Å². The van der Waals surface area contributed by atoms with E-state index in [2.05, 4.69) is 65.5 Å². The zero-order valence-electron chi connectivity index (χ0n) is 12.4. The third-order valence-electron chi connectivity index (χ3n) is 3.33. The minimum atomic E-state index is 0.164. The van der Waals surface area contributed by atoms with E-state index in [1.165, 1.54) is 16.7 Å². The molecule has 0 aliphatic rings. The van der Waals surface area contributed by atoms with Crippen molar-refractivity contribution in [3.05, 3.63) is 63.6 Å². The van der Waals surface area contributed by atoms with Gasteiger partial charge in [-0.25, -0.2) is 0 Å². The highest BCUT2D eigenvalue weighted by Crippen LogP contribution is 2.20. The predicted molar refractivity (Wildman–Crippen MR) is 97.8 cm³/mol. The summed E-state index contributed by atoms with van der Waals surface area (Å²) in [5.41, 5.74) is 4.77. The van der Waals surface area contributed by atoms with Crippen molar-refractivity contribution in [3.63, 3.8) is 0 Å². The van der Waals surface area contributed by atoms with Crippen molar-refractivity contribution in [2.45, 2.75) is 26.8 Å². The predicted octanol–water partition coefficient (Wildman–Crippen LogP) is 5.11. The van der Waals surface area contributed by atoms with Crippen LogP contribution in [0.15, 0.2) is 46.9 Å². The summed E-state index contributed by atoms with van der Waals surface area (Å²) < 4.78 is 1.03. The molecule has 0 radical (unpaired) electrons. The first kappa shape index (κ1) is 16.0. The van der Waals surface area contributed by atoms with Crippen LogP contribution in [0.2, 0.25) is 0 Å². The van der Waals surface area contributed by atoms with Gasteiger partial charge >= 0.3 is 0 Å². The Morgan fingerprint density at radius 2 is 1.90 bits per heavy atom. The summed E-state index contributed by atoms with van der Waals surface area (Å²) in [6, 6.07) is 14.6. The quantitative estimate of drug-likeness (QED) is 0.741. The second-order valence-corrected chi connectivity index (χ2v) is 6.51. The van der Waals surface area contributed by atoms with Gasteiger partial charge in [0.2, 0.25) is 0 Å². The van der Waals surface area contributed by atoms with E-state index in [1.807, 2.05) is 24.3 Å². The summed E-state index contributed by atoms with van der Waals surface area (Å²) in [5, 5.41) is 7.17. The summed E-state index contributed by atoms with van der Waals surface area (Å²) in [7, 11) is 0. The number of aryl methyl sites for hydroxylation is 2. The zero-order valence-corrected chi connectivity index (χ0v) is 14.8. The Kier molecular flexibility index (Phi) is 5.37. The minimum absolute atomic E-state index is 0.164. The molecule has 1 atom stereocenters. The van der Waals surface area contributed by atoms with Gasteiger partial charge in [-0.1, -0.05) is 45.8 Å². The van der Waals surface area contributed by atoms with Gasteiger partial charge in [0.15, 0.2) is 5.11 Å². The van der Waals surface area contributed by atoms with Crippen LogP contribution in [0.4, 0.5) is 5.69 Å². The van der Waals surface area contributed by atoms with E-state index in [1.54, 1.807) is 0 Å². The minimum Gasteiger partial charge on any atom is -0.356 e. The molecule has 2 aromatic carbocycles. The lowest BCUT2D eigenvalue weighted by Crippen LogP contribution is -2.31. The molecule has 0 spiro atoms. The number of halogens is 1. The molecule has 4 heteroatoms. The van der Waals surface area contributed by atoms with E-state index in [4.69, 9.17) is 12.2 Å². The molecule has 0 heterocycles. The van der Waals surface area contributed by atoms with Gasteiger partial charge in [0.1, 0.15) is 0 Å². The standard InChI is InChI=1S/C17H19BrN2S/c1-11-7-8-12(2)16(9-11)13(3)19-17(21)20-15-6-4-5-14(18)10-15/h4-10,13H,1-3H3,(H2,19,20,21). The molecule has 2 nitrogen and oxygen atoms in total. The van der Waals surface area contributed by atoms with Gasteiger partial charge < -0.3 is 10.6 Å². The van der Waals surface area contributed by atoms with Crippen LogP contribution >= 0.6 is 28.1 Å². The van der Waals surface area contributed by atoms with Gasteiger partial charge in [-0.3, -0.25) is 0 Å². The Morgan fingerprint density at radius 1 is 1.14 bits per heavy atom. The van der Waals surface area contributed by atoms with E-state index in [9.17, 15) is 0 Å². The molecule has 0 aliphatic heterocycles. The maximum Gasteiger partial charge on any atom is 0.171 e. The zero-order chi connectivity index (χ0) is 15.4. The van der Waals surface area contributed by atoms with Gasteiger partial charge in [0.05, 0.1) is 6.04 Å². The van der Waals surface area contributed by atoms with Crippen LogP contribution in [-0.2, 0) is 0 Å². The molecule has 0 fully saturated rings. The molecule has 0 saturated carbocycles. The number of anilines is 1. The second kappa shape index (κ2) is 7.05. The number of hydrogen-bond acceptors (Lipinski definition) is 1. The molecule has 21 heavy (non-hydrogen) atoms. The molecule has 1 unspecified atom stereocenters. The van der Waals surface area contributed by atoms with Gasteiger partial charge in [-0.15, -0.1) is 0 Å². The van der Waals surface area contributed by atoms with Crippen LogP contribution in [0, 0.1) is 13.8 Å². The Morgan fingerprint density at radius 3 is 2.62 bits per heavy atom. The summed E-state index contributed by atoms with van der Waals surface area (Å²) >= 11 is 8.85. The molecule has 2 N–H and O–H groups in total. The van der Waals surface area contributed by atoms with Crippen LogP contribution in [-0.4, -0.2) is 5.11 Å². The van der Waals surface area contributed by atoms with Crippen LogP contribution in [0.25, 0.3) is 0 Å². The monoisotopic (exact) mass is 362 g/mol. The van der Waals surface area contributed by atoms with Crippen LogP contribution in [0.1, 0.15) is 29.7 Å². The molecule has 0 aromatic heterocycles. The fraction of sp³-hybridized carbons (Fsp3) is 0.235. The summed E-state index contributed by atoms with van der Waals surface area (Å²) in [6.07, 6.45) is 0. The van der Waals surface area contributed by atoms with Crippen molar-refractivity contribution < 1.29 is 0 Å². The normalized spacial score (nSPS) is 11.8. The molecular weight excluding hydrogens is 344 g/mol. The SMILES string of the molecule is Cc1ccc(C)c(C(C)NC(=S)Nc2cccc(Br)c2)c1. The molecule has 2 rings (SSSR count). The van der Waals surface area contributed by atoms with E-state index in [-0.39, 0.29) is 6.04 Å². The highest BCUT2D eigenvalue weighted by Gasteiger charge is 2.10. The van der Waals surface area contributed by atoms with E-state index >= 15 is 0 Å². The van der Waals surface area contributed by atoms with E-state index < -0.39 is 0 Å². The van der Waals surface area contributed by atoms with Crippen LogP contribution in [0.3, 0.4) is 0 Å². The summed E-state index contributed by atoms with van der Waals surface area (Å²) in [5.74, 6) is 0. The number of nitrogens with one attached hydrogen (secondary N) is 2. The lowest BCUT2D eigenvalue weighted by atomic mass is 10.0. The molecule has 110 valence electrons. The topological polar surface area (TPSA) is 24.1 Å². The average Bonchev–Trinajstić information content (AvgIpc) is 2.41. The molecule has 0 saturated heterocycles. The highest BCUT2D eigenvalue weighted by atomic mass is 79.9. The number of rotatable bonds is 3. The molecule has 0 bridgehead atoms. The van der Waals surface area contributed by atoms with Crippen molar-refractivity contribution in [2.75, 3.05) is 5.32 Å². The molecule has 0 aliphatic carbocycles. The number of benzene rings is 2. The van der Waals surface area contributed by atoms with Crippen molar-refractivity contribution in [3.8, 4) is 0 Å². The molecular formula is C17H19BrN2S. The van der Waals surface area contributed by atoms with Crippen LogP contribution in [0.5, 0.6) is 0 Å². The first-order valence-corrected chi connectivity index (χ1v) is 8.06. The first-order chi connectivity index (χ1) is 9.95. The van der Waals surface area contributed by atoms with E-state index in [0.717, 1.165) is 10.2 Å². The Hall–Kier alpha value is -1.39. The van der Waals surface area contributed by atoms with Gasteiger partial charge in [0, 0.05) is 10.2 Å². The third-order valence-corrected chi connectivity index (χ3v) is 4.04. The van der Waals surface area contributed by atoms with Crippen LogP contribution < -0.4 is 10.6 Å². The Balaban J connectivity index is 2.03. The largest absolute Gasteiger partial charge is 0.356 e. The first-order valence-electron chi connectivity index (χ1n) is 6.86. The highest BCUT2D eigenvalue weighted by molar-refractivity contribution is 9.10. The van der Waals surface area contributed by atoms with Crippen molar-refractivity contribution in [1.29, 1.82) is 0 Å². The Labute approximate surface area is 140 Å². The number of thiocarbonyl (C=S) groups is 1. The lowest BCUT2D eigenvalue weighted by molar-refractivity contribution is 0.716.